The molecule has 0 spiro atoms. The minimum absolute atomic E-state index is 0.0542. The first-order valence-corrected chi connectivity index (χ1v) is 21.0. The maximum Gasteiger partial charge on any atom is 0.433 e. The number of piperidine rings is 1. The number of imidazole rings is 1. The Bertz CT molecular complexity index is 2450. The van der Waals surface area contributed by atoms with Crippen LogP contribution in [-0.4, -0.2) is 113 Å². The van der Waals surface area contributed by atoms with Gasteiger partial charge in [0.15, 0.2) is 0 Å². The average molecular weight is 844 g/mol. The second-order valence-corrected chi connectivity index (χ2v) is 16.7. The molecule has 322 valence electrons. The van der Waals surface area contributed by atoms with Crippen molar-refractivity contribution in [2.45, 2.75) is 63.3 Å². The normalized spacial score (nSPS) is 22.8. The van der Waals surface area contributed by atoms with Crippen molar-refractivity contribution >= 4 is 51.7 Å². The van der Waals surface area contributed by atoms with Crippen molar-refractivity contribution in [1.82, 2.24) is 29.2 Å². The standard InChI is InChI=1S/C43H48F3N9O6/c1-50-38-32(5-3-6-33(38)55(42(50)60)34-12-13-37(56)49-40(34)58)52-16-14-51(15-17-52)24-26-8-10-28(11-9-26)54-25-27-22-31(35(23-29(27)41(54)59)53-18-20-61-21-19-53)48-39(57)30-4-2-7-36(47-30)43(44,45)46/h2-7,22-23,26,28,34H,8-21,24-25H2,1H3,(H,48,57)(H,49,56,58). The summed E-state index contributed by atoms with van der Waals surface area (Å²) in [6, 6.07) is 11.9. The lowest BCUT2D eigenvalue weighted by Crippen LogP contribution is -2.48. The summed E-state index contributed by atoms with van der Waals surface area (Å²) in [7, 11) is 1.73. The van der Waals surface area contributed by atoms with E-state index in [0.717, 1.165) is 87.3 Å². The Morgan fingerprint density at radius 3 is 2.33 bits per heavy atom. The number of hydrogen-bond donors (Lipinski definition) is 2. The Balaban J connectivity index is 0.826. The van der Waals surface area contributed by atoms with Gasteiger partial charge in [0.2, 0.25) is 11.8 Å². The number of aromatic nitrogens is 3. The minimum atomic E-state index is -4.69. The molecule has 9 rings (SSSR count). The van der Waals surface area contributed by atoms with Crippen LogP contribution in [0.2, 0.25) is 0 Å². The maximum absolute atomic E-state index is 14.0. The Kier molecular flexibility index (Phi) is 10.8. The summed E-state index contributed by atoms with van der Waals surface area (Å²) in [4.78, 5) is 77.6. The highest BCUT2D eigenvalue weighted by atomic mass is 19.4. The number of carbonyl (C=O) groups excluding carboxylic acids is 4. The number of aryl methyl sites for hydroxylation is 1. The summed E-state index contributed by atoms with van der Waals surface area (Å²) >= 11 is 0. The minimum Gasteiger partial charge on any atom is -0.378 e. The zero-order valence-corrected chi connectivity index (χ0v) is 33.9. The van der Waals surface area contributed by atoms with E-state index in [-0.39, 0.29) is 42.1 Å². The number of carbonyl (C=O) groups is 4. The molecule has 15 nitrogen and oxygen atoms in total. The van der Waals surface area contributed by atoms with Crippen LogP contribution in [0.4, 0.5) is 30.2 Å². The molecule has 4 amide bonds. The molecule has 4 aliphatic heterocycles. The topological polar surface area (TPSA) is 154 Å². The largest absolute Gasteiger partial charge is 0.433 e. The SMILES string of the molecule is Cn1c(=O)n(C2CCC(=O)NC2=O)c2cccc(N3CCN(CC4CCC(N5Cc6cc(NC(=O)c7cccc(C(F)(F)F)n7)c(N7CCOCC7)cc6C5=O)CC4)CC3)c21. The van der Waals surface area contributed by atoms with E-state index in [4.69, 9.17) is 4.74 Å². The Morgan fingerprint density at radius 2 is 1.61 bits per heavy atom. The van der Waals surface area contributed by atoms with E-state index in [1.807, 2.05) is 28.0 Å². The van der Waals surface area contributed by atoms with Gasteiger partial charge in [-0.15, -0.1) is 0 Å². The molecule has 1 aliphatic carbocycles. The lowest BCUT2D eigenvalue weighted by atomic mass is 9.85. The van der Waals surface area contributed by atoms with E-state index in [0.29, 0.717) is 61.2 Å². The van der Waals surface area contributed by atoms with Crippen LogP contribution in [0, 0.1) is 5.92 Å². The summed E-state index contributed by atoms with van der Waals surface area (Å²) in [6.45, 7) is 6.57. The number of amides is 4. The Morgan fingerprint density at radius 1 is 0.885 bits per heavy atom. The number of para-hydroxylation sites is 1. The van der Waals surface area contributed by atoms with Gasteiger partial charge in [0.05, 0.1) is 41.3 Å². The summed E-state index contributed by atoms with van der Waals surface area (Å²) in [5.41, 5.74) is 2.96. The van der Waals surface area contributed by atoms with Crippen LogP contribution in [0.5, 0.6) is 0 Å². The van der Waals surface area contributed by atoms with E-state index < -0.39 is 29.7 Å². The van der Waals surface area contributed by atoms with Gasteiger partial charge in [-0.1, -0.05) is 12.1 Å². The van der Waals surface area contributed by atoms with Gasteiger partial charge in [-0.3, -0.25) is 38.5 Å². The van der Waals surface area contributed by atoms with Crippen molar-refractivity contribution in [3.05, 3.63) is 81.5 Å². The van der Waals surface area contributed by atoms with Crippen molar-refractivity contribution < 1.29 is 37.1 Å². The molecule has 2 N–H and O–H groups in total. The maximum atomic E-state index is 14.0. The number of piperazine rings is 1. The number of benzene rings is 2. The second-order valence-electron chi connectivity index (χ2n) is 16.7. The van der Waals surface area contributed by atoms with Crippen molar-refractivity contribution in [1.29, 1.82) is 0 Å². The van der Waals surface area contributed by atoms with Crippen molar-refractivity contribution in [2.24, 2.45) is 13.0 Å². The number of nitrogens with zero attached hydrogens (tertiary/aromatic N) is 7. The number of anilines is 3. The fraction of sp³-hybridized carbons (Fsp3) is 0.488. The molecule has 6 heterocycles. The Hall–Kier alpha value is -5.75. The third-order valence-corrected chi connectivity index (χ3v) is 13.0. The zero-order chi connectivity index (χ0) is 42.6. The number of nitrogens with one attached hydrogen (secondary N) is 2. The lowest BCUT2D eigenvalue weighted by molar-refractivity contribution is -0.141. The zero-order valence-electron chi connectivity index (χ0n) is 33.9. The lowest BCUT2D eigenvalue weighted by Gasteiger charge is -2.40. The van der Waals surface area contributed by atoms with Crippen LogP contribution in [0.1, 0.15) is 76.7 Å². The van der Waals surface area contributed by atoms with Gasteiger partial charge in [0.1, 0.15) is 17.4 Å². The summed E-state index contributed by atoms with van der Waals surface area (Å²) < 4.78 is 48.8. The number of fused-ring (bicyclic) bond motifs is 2. The van der Waals surface area contributed by atoms with Gasteiger partial charge >= 0.3 is 11.9 Å². The van der Waals surface area contributed by atoms with Crippen LogP contribution >= 0.6 is 0 Å². The predicted molar refractivity (Wildman–Crippen MR) is 220 cm³/mol. The number of rotatable bonds is 8. The number of hydrogen-bond acceptors (Lipinski definition) is 10. The monoisotopic (exact) mass is 843 g/mol. The van der Waals surface area contributed by atoms with E-state index in [9.17, 15) is 37.1 Å². The van der Waals surface area contributed by atoms with E-state index in [1.165, 1.54) is 10.6 Å². The highest BCUT2D eigenvalue weighted by molar-refractivity contribution is 6.07. The molecule has 5 aliphatic rings. The molecule has 4 aromatic rings. The van der Waals surface area contributed by atoms with Gasteiger partial charge in [0, 0.05) is 77.4 Å². The first-order chi connectivity index (χ1) is 29.3. The second kappa shape index (κ2) is 16.3. The molecule has 0 radical (unpaired) electrons. The van der Waals surface area contributed by atoms with Crippen molar-refractivity contribution in [3.8, 4) is 0 Å². The number of imide groups is 1. The predicted octanol–water partition coefficient (Wildman–Crippen LogP) is 4.16. The first kappa shape index (κ1) is 40.6. The smallest absolute Gasteiger partial charge is 0.378 e. The molecule has 1 saturated carbocycles. The third-order valence-electron chi connectivity index (χ3n) is 13.0. The fourth-order valence-corrected chi connectivity index (χ4v) is 9.82. The number of pyridine rings is 1. The van der Waals surface area contributed by atoms with Crippen molar-refractivity contribution in [3.63, 3.8) is 0 Å². The van der Waals surface area contributed by atoms with Crippen LogP contribution in [-0.2, 0) is 34.1 Å². The molecule has 2 aromatic carbocycles. The number of morpholine rings is 1. The summed E-state index contributed by atoms with van der Waals surface area (Å²) in [5, 5.41) is 5.17. The Labute approximate surface area is 349 Å². The van der Waals surface area contributed by atoms with Crippen molar-refractivity contribution in [2.75, 3.05) is 74.1 Å². The highest BCUT2D eigenvalue weighted by Gasteiger charge is 2.38. The molecule has 3 saturated heterocycles. The number of halogens is 3. The van der Waals surface area contributed by atoms with E-state index in [2.05, 4.69) is 25.4 Å². The molecule has 61 heavy (non-hydrogen) atoms. The van der Waals surface area contributed by atoms with Crippen LogP contribution in [0.3, 0.4) is 0 Å². The van der Waals surface area contributed by atoms with Gasteiger partial charge in [-0.25, -0.2) is 9.78 Å². The summed E-state index contributed by atoms with van der Waals surface area (Å²) in [6.07, 6.45) is -0.540. The molecular weight excluding hydrogens is 796 g/mol. The van der Waals surface area contributed by atoms with Gasteiger partial charge in [0.25, 0.3) is 11.8 Å². The molecular formula is C43H48F3N9O6. The quantitative estimate of drug-likeness (QED) is 0.248. The summed E-state index contributed by atoms with van der Waals surface area (Å²) in [5.74, 6) is -1.12. The number of alkyl halides is 3. The molecule has 0 bridgehead atoms. The fourth-order valence-electron chi connectivity index (χ4n) is 9.82. The third kappa shape index (κ3) is 7.86. The number of ether oxygens (including phenoxy) is 1. The highest BCUT2D eigenvalue weighted by Crippen LogP contribution is 2.39. The molecule has 1 atom stereocenters. The molecule has 1 unspecified atom stereocenters. The molecule has 4 fully saturated rings. The van der Waals surface area contributed by atoms with Crippen LogP contribution in [0.15, 0.2) is 53.3 Å². The van der Waals surface area contributed by atoms with Gasteiger partial charge < -0.3 is 24.8 Å². The van der Waals surface area contributed by atoms with Crippen LogP contribution in [0.25, 0.3) is 11.0 Å². The average Bonchev–Trinajstić information content (AvgIpc) is 3.71. The van der Waals surface area contributed by atoms with E-state index >= 15 is 0 Å². The van der Waals surface area contributed by atoms with Crippen LogP contribution < -0.4 is 26.1 Å². The molecule has 2 aromatic heterocycles. The van der Waals surface area contributed by atoms with Gasteiger partial charge in [-0.2, -0.15) is 13.2 Å². The van der Waals surface area contributed by atoms with E-state index in [1.54, 1.807) is 23.7 Å². The van der Waals surface area contributed by atoms with Gasteiger partial charge in [-0.05, 0) is 80.0 Å². The first-order valence-electron chi connectivity index (χ1n) is 21.0. The molecule has 18 heteroatoms.